The fourth-order valence-corrected chi connectivity index (χ4v) is 2.46. The number of rotatable bonds is 6. The highest BCUT2D eigenvalue weighted by Crippen LogP contribution is 2.18. The van der Waals surface area contributed by atoms with Crippen LogP contribution in [-0.2, 0) is 4.79 Å². The van der Waals surface area contributed by atoms with E-state index in [0.29, 0.717) is 0 Å². The van der Waals surface area contributed by atoms with Gasteiger partial charge in [0.1, 0.15) is 5.82 Å². The summed E-state index contributed by atoms with van der Waals surface area (Å²) in [6, 6.07) is 4.81. The van der Waals surface area contributed by atoms with Gasteiger partial charge in [-0.15, -0.1) is 11.8 Å². The first-order chi connectivity index (χ1) is 8.54. The molecule has 1 unspecified atom stereocenters. The average Bonchev–Trinajstić information content (AvgIpc) is 2.32. The maximum Gasteiger partial charge on any atom is 0.237 e. The van der Waals surface area contributed by atoms with Crippen molar-refractivity contribution in [3.8, 4) is 0 Å². The topological polar surface area (TPSA) is 29.1 Å². The monoisotopic (exact) mass is 269 g/mol. The molecule has 1 aromatic rings. The zero-order valence-electron chi connectivity index (χ0n) is 11.1. The van der Waals surface area contributed by atoms with Gasteiger partial charge in [-0.3, -0.25) is 4.79 Å². The standard InChI is InChI=1S/C14H20FNOS/c1-4-5-8-18-11(3)14(17)16-13-7-6-10(2)9-12(13)15/h6-7,9,11H,4-5,8H2,1-3H3,(H,16,17). The molecule has 4 heteroatoms. The maximum atomic E-state index is 13.6. The molecular weight excluding hydrogens is 249 g/mol. The molecule has 0 aliphatic carbocycles. The molecule has 0 saturated carbocycles. The minimum absolute atomic E-state index is 0.140. The van der Waals surface area contributed by atoms with Crippen LogP contribution in [0.3, 0.4) is 0 Å². The first-order valence-electron chi connectivity index (χ1n) is 6.23. The number of amides is 1. The molecule has 100 valence electrons. The largest absolute Gasteiger partial charge is 0.323 e. The fourth-order valence-electron chi connectivity index (χ4n) is 1.44. The maximum absolute atomic E-state index is 13.6. The van der Waals surface area contributed by atoms with Gasteiger partial charge in [-0.1, -0.05) is 19.4 Å². The molecule has 0 fully saturated rings. The number of unbranched alkanes of at least 4 members (excludes halogenated alkanes) is 1. The molecule has 0 spiro atoms. The molecule has 0 saturated heterocycles. The van der Waals surface area contributed by atoms with Crippen molar-refractivity contribution in [1.82, 2.24) is 0 Å². The molecule has 1 atom stereocenters. The van der Waals surface area contributed by atoms with E-state index in [1.54, 1.807) is 23.9 Å². The minimum atomic E-state index is -0.380. The van der Waals surface area contributed by atoms with Crippen molar-refractivity contribution in [3.05, 3.63) is 29.6 Å². The van der Waals surface area contributed by atoms with Crippen molar-refractivity contribution in [2.75, 3.05) is 11.1 Å². The van der Waals surface area contributed by atoms with Crippen molar-refractivity contribution in [1.29, 1.82) is 0 Å². The van der Waals surface area contributed by atoms with Crippen LogP contribution in [0.4, 0.5) is 10.1 Å². The van der Waals surface area contributed by atoms with E-state index in [1.807, 2.05) is 13.8 Å². The molecule has 1 aromatic carbocycles. The fraction of sp³-hybridized carbons (Fsp3) is 0.500. The van der Waals surface area contributed by atoms with Gasteiger partial charge in [0.05, 0.1) is 10.9 Å². The highest BCUT2D eigenvalue weighted by Gasteiger charge is 2.14. The third-order valence-corrected chi connectivity index (χ3v) is 3.86. The van der Waals surface area contributed by atoms with Crippen molar-refractivity contribution >= 4 is 23.4 Å². The normalized spacial score (nSPS) is 12.2. The molecule has 2 nitrogen and oxygen atoms in total. The van der Waals surface area contributed by atoms with Gasteiger partial charge in [0, 0.05) is 0 Å². The second kappa shape index (κ2) is 7.41. The molecule has 0 radical (unpaired) electrons. The summed E-state index contributed by atoms with van der Waals surface area (Å²) in [4.78, 5) is 11.8. The van der Waals surface area contributed by atoms with Crippen LogP contribution in [0.15, 0.2) is 18.2 Å². The van der Waals surface area contributed by atoms with Gasteiger partial charge in [0.25, 0.3) is 0 Å². The van der Waals surface area contributed by atoms with Crippen molar-refractivity contribution in [2.45, 2.75) is 38.9 Å². The van der Waals surface area contributed by atoms with E-state index in [2.05, 4.69) is 12.2 Å². The van der Waals surface area contributed by atoms with Crippen LogP contribution >= 0.6 is 11.8 Å². The Balaban J connectivity index is 2.53. The van der Waals surface area contributed by atoms with Crippen LogP contribution in [0.25, 0.3) is 0 Å². The summed E-state index contributed by atoms with van der Waals surface area (Å²) in [5.74, 6) is 0.439. The Morgan fingerprint density at radius 2 is 2.22 bits per heavy atom. The second-order valence-corrected chi connectivity index (χ2v) is 5.79. The number of hydrogen-bond donors (Lipinski definition) is 1. The van der Waals surface area contributed by atoms with Gasteiger partial charge in [-0.25, -0.2) is 4.39 Å². The van der Waals surface area contributed by atoms with Crippen LogP contribution in [0.5, 0.6) is 0 Å². The Bertz CT molecular complexity index is 409. The van der Waals surface area contributed by atoms with Gasteiger partial charge in [0.2, 0.25) is 5.91 Å². The zero-order chi connectivity index (χ0) is 13.5. The molecule has 0 aliphatic heterocycles. The lowest BCUT2D eigenvalue weighted by molar-refractivity contribution is -0.115. The summed E-state index contributed by atoms with van der Waals surface area (Å²) >= 11 is 1.60. The summed E-state index contributed by atoms with van der Waals surface area (Å²) in [7, 11) is 0. The van der Waals surface area contributed by atoms with Crippen molar-refractivity contribution in [2.24, 2.45) is 0 Å². The number of carbonyl (C=O) groups is 1. The second-order valence-electron chi connectivity index (χ2n) is 4.34. The predicted molar refractivity (Wildman–Crippen MR) is 76.6 cm³/mol. The lowest BCUT2D eigenvalue weighted by atomic mass is 10.2. The number of nitrogens with one attached hydrogen (secondary N) is 1. The van der Waals surface area contributed by atoms with Gasteiger partial charge in [-0.05, 0) is 43.7 Å². The number of benzene rings is 1. The van der Waals surface area contributed by atoms with Crippen LogP contribution in [0.2, 0.25) is 0 Å². The van der Waals surface area contributed by atoms with E-state index in [1.165, 1.54) is 6.07 Å². The Labute approximate surface area is 112 Å². The molecule has 0 heterocycles. The average molecular weight is 269 g/mol. The Morgan fingerprint density at radius 3 is 2.83 bits per heavy atom. The summed E-state index contributed by atoms with van der Waals surface area (Å²) in [6.45, 7) is 5.78. The Morgan fingerprint density at radius 1 is 1.50 bits per heavy atom. The number of halogens is 1. The van der Waals surface area contributed by atoms with Gasteiger partial charge in [-0.2, -0.15) is 0 Å². The molecule has 1 N–H and O–H groups in total. The molecular formula is C14H20FNOS. The van der Waals surface area contributed by atoms with E-state index in [-0.39, 0.29) is 22.7 Å². The van der Waals surface area contributed by atoms with Crippen LogP contribution < -0.4 is 5.32 Å². The summed E-state index contributed by atoms with van der Waals surface area (Å²) in [5, 5.41) is 2.47. The minimum Gasteiger partial charge on any atom is -0.323 e. The van der Waals surface area contributed by atoms with E-state index in [4.69, 9.17) is 0 Å². The van der Waals surface area contributed by atoms with Crippen LogP contribution in [0.1, 0.15) is 32.3 Å². The number of thioether (sulfide) groups is 1. The summed E-state index contributed by atoms with van der Waals surface area (Å²) < 4.78 is 13.6. The summed E-state index contributed by atoms with van der Waals surface area (Å²) in [6.07, 6.45) is 2.22. The highest BCUT2D eigenvalue weighted by atomic mass is 32.2. The van der Waals surface area contributed by atoms with Crippen LogP contribution in [0, 0.1) is 12.7 Å². The predicted octanol–water partition coefficient (Wildman–Crippen LogP) is 3.99. The van der Waals surface area contributed by atoms with E-state index < -0.39 is 0 Å². The van der Waals surface area contributed by atoms with Gasteiger partial charge >= 0.3 is 0 Å². The molecule has 0 bridgehead atoms. The molecule has 1 amide bonds. The first kappa shape index (κ1) is 15.0. The van der Waals surface area contributed by atoms with E-state index in [9.17, 15) is 9.18 Å². The Hall–Kier alpha value is -1.03. The number of anilines is 1. The molecule has 0 aromatic heterocycles. The first-order valence-corrected chi connectivity index (χ1v) is 7.28. The quantitative estimate of drug-likeness (QED) is 0.791. The third-order valence-electron chi connectivity index (χ3n) is 2.62. The van der Waals surface area contributed by atoms with E-state index >= 15 is 0 Å². The number of aryl methyl sites for hydroxylation is 1. The van der Waals surface area contributed by atoms with Gasteiger partial charge in [0.15, 0.2) is 0 Å². The lowest BCUT2D eigenvalue weighted by Gasteiger charge is -2.12. The number of hydrogen-bond acceptors (Lipinski definition) is 2. The SMILES string of the molecule is CCCCSC(C)C(=O)Nc1ccc(C)cc1F. The van der Waals surface area contributed by atoms with Crippen molar-refractivity contribution < 1.29 is 9.18 Å². The van der Waals surface area contributed by atoms with Crippen LogP contribution in [-0.4, -0.2) is 16.9 Å². The Kier molecular flexibility index (Phi) is 6.19. The molecule has 1 rings (SSSR count). The molecule has 18 heavy (non-hydrogen) atoms. The van der Waals surface area contributed by atoms with Crippen molar-refractivity contribution in [3.63, 3.8) is 0 Å². The molecule has 0 aliphatic rings. The van der Waals surface area contributed by atoms with Gasteiger partial charge < -0.3 is 5.32 Å². The number of carbonyl (C=O) groups excluding carboxylic acids is 1. The highest BCUT2D eigenvalue weighted by molar-refractivity contribution is 8.00. The summed E-state index contributed by atoms with van der Waals surface area (Å²) in [5.41, 5.74) is 1.10. The lowest BCUT2D eigenvalue weighted by Crippen LogP contribution is -2.23. The smallest absolute Gasteiger partial charge is 0.237 e. The van der Waals surface area contributed by atoms with E-state index in [0.717, 1.165) is 24.2 Å². The third kappa shape index (κ3) is 4.69. The zero-order valence-corrected chi connectivity index (χ0v) is 11.9.